The molecule has 1 aliphatic carbocycles. The predicted molar refractivity (Wildman–Crippen MR) is 120 cm³/mol. The second-order valence-corrected chi connectivity index (χ2v) is 9.11. The van der Waals surface area contributed by atoms with Crippen LogP contribution in [-0.2, 0) is 10.2 Å². The summed E-state index contributed by atoms with van der Waals surface area (Å²) >= 11 is 0. The Hall–Kier alpha value is -2.29. The van der Waals surface area contributed by atoms with Crippen LogP contribution in [0.15, 0.2) is 54.6 Å². The molecule has 2 aliphatic rings. The lowest BCUT2D eigenvalue weighted by Gasteiger charge is -2.32. The Labute approximate surface area is 175 Å². The standard InChI is InChI=1S/C26H34N2O/c1-20-14-18-28(19-15-20)24-12-10-22(11-13-24)21(2)27-25(29)26(16-6-7-17-26)23-8-4-3-5-9-23/h3-5,8-13,20-21H,6-7,14-19H2,1-2H3,(H,27,29)/t21-/m1/s1. The van der Waals surface area contributed by atoms with E-state index in [2.05, 4.69) is 60.5 Å². The highest BCUT2D eigenvalue weighted by Gasteiger charge is 2.42. The van der Waals surface area contributed by atoms with Crippen LogP contribution in [0.5, 0.6) is 0 Å². The number of benzene rings is 2. The monoisotopic (exact) mass is 390 g/mol. The lowest BCUT2D eigenvalue weighted by Crippen LogP contribution is -2.43. The quantitative estimate of drug-likeness (QED) is 0.719. The fourth-order valence-corrected chi connectivity index (χ4v) is 5.04. The molecule has 1 saturated heterocycles. The van der Waals surface area contributed by atoms with Gasteiger partial charge in [0.1, 0.15) is 0 Å². The van der Waals surface area contributed by atoms with E-state index < -0.39 is 0 Å². The van der Waals surface area contributed by atoms with Gasteiger partial charge in [0, 0.05) is 18.8 Å². The Bertz CT molecular complexity index is 800. The van der Waals surface area contributed by atoms with Gasteiger partial charge in [-0.3, -0.25) is 4.79 Å². The van der Waals surface area contributed by atoms with Gasteiger partial charge in [0.2, 0.25) is 5.91 Å². The van der Waals surface area contributed by atoms with Crippen molar-refractivity contribution in [3.8, 4) is 0 Å². The molecule has 1 heterocycles. The fourth-order valence-electron chi connectivity index (χ4n) is 5.04. The molecule has 2 aromatic carbocycles. The van der Waals surface area contributed by atoms with E-state index in [1.54, 1.807) is 0 Å². The maximum atomic E-state index is 13.4. The summed E-state index contributed by atoms with van der Waals surface area (Å²) < 4.78 is 0. The Balaban J connectivity index is 1.44. The van der Waals surface area contributed by atoms with Crippen molar-refractivity contribution in [2.24, 2.45) is 5.92 Å². The zero-order valence-electron chi connectivity index (χ0n) is 17.9. The number of nitrogens with one attached hydrogen (secondary N) is 1. The van der Waals surface area contributed by atoms with Crippen LogP contribution in [0.25, 0.3) is 0 Å². The molecule has 1 amide bonds. The Morgan fingerprint density at radius 3 is 2.24 bits per heavy atom. The fraction of sp³-hybridized carbons (Fsp3) is 0.500. The first-order chi connectivity index (χ1) is 14.1. The van der Waals surface area contributed by atoms with E-state index in [-0.39, 0.29) is 17.4 Å². The number of rotatable bonds is 5. The molecular formula is C26H34N2O. The SMILES string of the molecule is CC1CCN(c2ccc([C@@H](C)NC(=O)C3(c4ccccc4)CCCC3)cc2)CC1. The minimum atomic E-state index is -0.361. The molecule has 3 nitrogen and oxygen atoms in total. The van der Waals surface area contributed by atoms with Gasteiger partial charge >= 0.3 is 0 Å². The van der Waals surface area contributed by atoms with Crippen LogP contribution in [0.2, 0.25) is 0 Å². The van der Waals surface area contributed by atoms with Gasteiger partial charge in [-0.1, -0.05) is 62.2 Å². The van der Waals surface area contributed by atoms with Gasteiger partial charge in [0.25, 0.3) is 0 Å². The first-order valence-corrected chi connectivity index (χ1v) is 11.3. The summed E-state index contributed by atoms with van der Waals surface area (Å²) in [6.07, 6.45) is 6.69. The minimum absolute atomic E-state index is 0.0131. The maximum absolute atomic E-state index is 13.4. The Morgan fingerprint density at radius 1 is 1.00 bits per heavy atom. The van der Waals surface area contributed by atoms with Gasteiger partial charge in [-0.05, 0) is 61.8 Å². The molecule has 0 bridgehead atoms. The number of hydrogen-bond donors (Lipinski definition) is 1. The van der Waals surface area contributed by atoms with Gasteiger partial charge in [-0.15, -0.1) is 0 Å². The summed E-state index contributed by atoms with van der Waals surface area (Å²) in [5, 5.41) is 3.33. The van der Waals surface area contributed by atoms with E-state index >= 15 is 0 Å². The van der Waals surface area contributed by atoms with Crippen LogP contribution in [0, 0.1) is 5.92 Å². The molecule has 2 fully saturated rings. The van der Waals surface area contributed by atoms with Crippen LogP contribution in [0.4, 0.5) is 5.69 Å². The largest absolute Gasteiger partial charge is 0.372 e. The number of carbonyl (C=O) groups excluding carboxylic acids is 1. The van der Waals surface area contributed by atoms with E-state index in [9.17, 15) is 4.79 Å². The molecular weight excluding hydrogens is 356 g/mol. The first-order valence-electron chi connectivity index (χ1n) is 11.3. The van der Waals surface area contributed by atoms with Gasteiger partial charge < -0.3 is 10.2 Å². The molecule has 1 aliphatic heterocycles. The number of anilines is 1. The third-order valence-corrected chi connectivity index (χ3v) is 7.11. The summed E-state index contributed by atoms with van der Waals surface area (Å²) in [4.78, 5) is 15.9. The van der Waals surface area contributed by atoms with E-state index in [1.165, 1.54) is 24.1 Å². The summed E-state index contributed by atoms with van der Waals surface area (Å²) in [6, 6.07) is 19.2. The van der Waals surface area contributed by atoms with E-state index in [0.717, 1.165) is 50.3 Å². The molecule has 3 heteroatoms. The average Bonchev–Trinajstić information content (AvgIpc) is 3.26. The van der Waals surface area contributed by atoms with Crippen LogP contribution in [0.3, 0.4) is 0 Å². The summed E-state index contributed by atoms with van der Waals surface area (Å²) in [6.45, 7) is 6.74. The molecule has 0 aromatic heterocycles. The maximum Gasteiger partial charge on any atom is 0.231 e. The Kier molecular flexibility index (Phi) is 5.94. The zero-order valence-corrected chi connectivity index (χ0v) is 17.9. The van der Waals surface area contributed by atoms with Crippen molar-refractivity contribution in [1.82, 2.24) is 5.32 Å². The van der Waals surface area contributed by atoms with Crippen molar-refractivity contribution < 1.29 is 4.79 Å². The second kappa shape index (κ2) is 8.61. The molecule has 4 rings (SSSR count). The summed E-state index contributed by atoms with van der Waals surface area (Å²) in [7, 11) is 0. The summed E-state index contributed by atoms with van der Waals surface area (Å²) in [5.74, 6) is 1.02. The number of amides is 1. The summed E-state index contributed by atoms with van der Waals surface area (Å²) in [5.41, 5.74) is 3.28. The van der Waals surface area contributed by atoms with Gasteiger partial charge in [0.05, 0.1) is 11.5 Å². The molecule has 0 unspecified atom stereocenters. The van der Waals surface area contributed by atoms with Crippen LogP contribution < -0.4 is 10.2 Å². The van der Waals surface area contributed by atoms with Crippen molar-refractivity contribution >= 4 is 11.6 Å². The average molecular weight is 391 g/mol. The normalized spacial score (nSPS) is 20.4. The molecule has 1 atom stereocenters. The van der Waals surface area contributed by atoms with Crippen LogP contribution in [-0.4, -0.2) is 19.0 Å². The lowest BCUT2D eigenvalue weighted by atomic mass is 9.77. The third-order valence-electron chi connectivity index (χ3n) is 7.11. The number of hydrogen-bond acceptors (Lipinski definition) is 2. The molecule has 29 heavy (non-hydrogen) atoms. The van der Waals surface area contributed by atoms with Gasteiger partial charge in [-0.2, -0.15) is 0 Å². The predicted octanol–water partition coefficient (Wildman–Crippen LogP) is 5.61. The number of carbonyl (C=O) groups is 1. The highest BCUT2D eigenvalue weighted by molar-refractivity contribution is 5.89. The number of piperidine rings is 1. The number of nitrogens with zero attached hydrogens (tertiary/aromatic N) is 1. The second-order valence-electron chi connectivity index (χ2n) is 9.11. The molecule has 0 spiro atoms. The van der Waals surface area contributed by atoms with Crippen molar-refractivity contribution in [2.45, 2.75) is 63.8 Å². The first kappa shape index (κ1) is 20.0. The van der Waals surface area contributed by atoms with E-state index in [0.29, 0.717) is 0 Å². The van der Waals surface area contributed by atoms with Gasteiger partial charge in [-0.25, -0.2) is 0 Å². The van der Waals surface area contributed by atoms with Gasteiger partial charge in [0.15, 0.2) is 0 Å². The van der Waals surface area contributed by atoms with Crippen LogP contribution in [0.1, 0.15) is 69.5 Å². The highest BCUT2D eigenvalue weighted by atomic mass is 16.2. The van der Waals surface area contributed by atoms with E-state index in [1.807, 2.05) is 18.2 Å². The van der Waals surface area contributed by atoms with Crippen molar-refractivity contribution in [1.29, 1.82) is 0 Å². The molecule has 2 aromatic rings. The molecule has 1 N–H and O–H groups in total. The van der Waals surface area contributed by atoms with Crippen molar-refractivity contribution in [3.05, 3.63) is 65.7 Å². The van der Waals surface area contributed by atoms with Crippen LogP contribution >= 0.6 is 0 Å². The lowest BCUT2D eigenvalue weighted by molar-refractivity contribution is -0.127. The smallest absolute Gasteiger partial charge is 0.231 e. The highest BCUT2D eigenvalue weighted by Crippen LogP contribution is 2.41. The molecule has 1 saturated carbocycles. The molecule has 154 valence electrons. The minimum Gasteiger partial charge on any atom is -0.372 e. The van der Waals surface area contributed by atoms with Crippen molar-refractivity contribution in [3.63, 3.8) is 0 Å². The Morgan fingerprint density at radius 2 is 1.62 bits per heavy atom. The van der Waals surface area contributed by atoms with E-state index in [4.69, 9.17) is 0 Å². The third kappa shape index (κ3) is 4.19. The molecule has 0 radical (unpaired) electrons. The van der Waals surface area contributed by atoms with Crippen molar-refractivity contribution in [2.75, 3.05) is 18.0 Å². The topological polar surface area (TPSA) is 32.3 Å². The zero-order chi connectivity index (χ0) is 20.3.